The summed E-state index contributed by atoms with van der Waals surface area (Å²) in [4.78, 5) is 21.6. The average Bonchev–Trinajstić information content (AvgIpc) is 2.88. The van der Waals surface area contributed by atoms with Crippen LogP contribution in [0.3, 0.4) is 0 Å². The van der Waals surface area contributed by atoms with Crippen molar-refractivity contribution in [3.8, 4) is 0 Å². The van der Waals surface area contributed by atoms with E-state index in [1.165, 1.54) is 5.56 Å². The molecule has 124 valence electrons. The summed E-state index contributed by atoms with van der Waals surface area (Å²) in [6, 6.07) is 3.79. The number of hydrogen-bond acceptors (Lipinski definition) is 3. The van der Waals surface area contributed by atoms with Gasteiger partial charge in [0.1, 0.15) is 16.4 Å². The summed E-state index contributed by atoms with van der Waals surface area (Å²) in [6.45, 7) is 7.09. The van der Waals surface area contributed by atoms with E-state index in [1.54, 1.807) is 6.07 Å². The molecule has 1 saturated heterocycles. The zero-order valence-electron chi connectivity index (χ0n) is 13.7. The van der Waals surface area contributed by atoms with Crippen LogP contribution in [0.2, 0.25) is 5.15 Å². The lowest BCUT2D eigenvalue weighted by Crippen LogP contribution is -2.42. The van der Waals surface area contributed by atoms with E-state index < -0.39 is 5.60 Å². The van der Waals surface area contributed by atoms with Gasteiger partial charge in [0.15, 0.2) is 0 Å². The molecule has 0 radical (unpaired) electrons. The minimum atomic E-state index is -0.467. The monoisotopic (exact) mass is 335 g/mol. The third-order valence-corrected chi connectivity index (χ3v) is 4.26. The maximum Gasteiger partial charge on any atom is 0.410 e. The Morgan fingerprint density at radius 2 is 2.22 bits per heavy atom. The Morgan fingerprint density at radius 1 is 1.43 bits per heavy atom. The number of piperidine rings is 1. The standard InChI is InChI=1S/C17H22ClN3O2/c1-17(2,3)23-16(22)21-8-4-5-11(10-21)13-9-19-15-12(13)6-7-14(18)20-15/h6-7,9,11H,4-5,8,10H2,1-3H3,(H,19,20)/t11-/m1/s1. The summed E-state index contributed by atoms with van der Waals surface area (Å²) in [6.07, 6.45) is 3.77. The van der Waals surface area contributed by atoms with Gasteiger partial charge in [0.05, 0.1) is 0 Å². The summed E-state index contributed by atoms with van der Waals surface area (Å²) in [5.41, 5.74) is 1.52. The van der Waals surface area contributed by atoms with E-state index in [1.807, 2.05) is 37.9 Å². The van der Waals surface area contributed by atoms with Crippen molar-refractivity contribution in [2.75, 3.05) is 13.1 Å². The summed E-state index contributed by atoms with van der Waals surface area (Å²) < 4.78 is 5.50. The summed E-state index contributed by atoms with van der Waals surface area (Å²) in [5, 5.41) is 1.55. The van der Waals surface area contributed by atoms with Gasteiger partial charge < -0.3 is 14.6 Å². The van der Waals surface area contributed by atoms with Crippen LogP contribution in [0.25, 0.3) is 11.0 Å². The molecule has 1 N–H and O–H groups in total. The minimum Gasteiger partial charge on any atom is -0.444 e. The number of likely N-dealkylation sites (tertiary alicyclic amines) is 1. The molecule has 6 heteroatoms. The fourth-order valence-electron chi connectivity index (χ4n) is 3.06. The molecule has 3 heterocycles. The summed E-state index contributed by atoms with van der Waals surface area (Å²) in [5.74, 6) is 0.285. The highest BCUT2D eigenvalue weighted by Crippen LogP contribution is 2.32. The third kappa shape index (κ3) is 3.61. The SMILES string of the molecule is CC(C)(C)OC(=O)N1CCC[C@@H](c2c[nH]c3nc(Cl)ccc23)C1. The van der Waals surface area contributed by atoms with Crippen molar-refractivity contribution in [3.05, 3.63) is 29.0 Å². The van der Waals surface area contributed by atoms with Crippen molar-refractivity contribution in [2.45, 2.75) is 45.1 Å². The lowest BCUT2D eigenvalue weighted by Gasteiger charge is -2.34. The van der Waals surface area contributed by atoms with Crippen molar-refractivity contribution in [1.82, 2.24) is 14.9 Å². The molecule has 3 rings (SSSR count). The Balaban J connectivity index is 1.79. The molecular formula is C17H22ClN3O2. The molecule has 2 aromatic rings. The maximum absolute atomic E-state index is 12.3. The number of amides is 1. The predicted octanol–water partition coefficient (Wildman–Crippen LogP) is 4.33. The van der Waals surface area contributed by atoms with Gasteiger partial charge in [-0.1, -0.05) is 11.6 Å². The van der Waals surface area contributed by atoms with Crippen LogP contribution < -0.4 is 0 Å². The van der Waals surface area contributed by atoms with Crippen LogP contribution in [-0.2, 0) is 4.74 Å². The molecule has 1 amide bonds. The van der Waals surface area contributed by atoms with Crippen molar-refractivity contribution >= 4 is 28.7 Å². The van der Waals surface area contributed by atoms with Gasteiger partial charge in [-0.15, -0.1) is 0 Å². The molecule has 2 aromatic heterocycles. The lowest BCUT2D eigenvalue weighted by molar-refractivity contribution is 0.0198. The second-order valence-corrected chi connectivity index (χ2v) is 7.43. The van der Waals surface area contributed by atoms with Gasteiger partial charge in [-0.05, 0) is 51.3 Å². The molecule has 1 fully saturated rings. The van der Waals surface area contributed by atoms with Gasteiger partial charge in [0, 0.05) is 30.6 Å². The normalized spacial score (nSPS) is 19.1. The highest BCUT2D eigenvalue weighted by molar-refractivity contribution is 6.29. The van der Waals surface area contributed by atoms with Gasteiger partial charge in [0.25, 0.3) is 0 Å². The number of halogens is 1. The number of rotatable bonds is 1. The van der Waals surface area contributed by atoms with Crippen molar-refractivity contribution in [3.63, 3.8) is 0 Å². The van der Waals surface area contributed by atoms with Gasteiger partial charge in [0.2, 0.25) is 0 Å². The number of carbonyl (C=O) groups excluding carboxylic acids is 1. The second kappa shape index (κ2) is 6.04. The lowest BCUT2D eigenvalue weighted by atomic mass is 9.91. The topological polar surface area (TPSA) is 58.2 Å². The molecule has 0 bridgehead atoms. The Kier molecular flexibility index (Phi) is 4.23. The number of carbonyl (C=O) groups is 1. The molecule has 0 saturated carbocycles. The van der Waals surface area contributed by atoms with Crippen LogP contribution in [0.1, 0.15) is 45.1 Å². The number of ether oxygens (including phenoxy) is 1. The highest BCUT2D eigenvalue weighted by atomic mass is 35.5. The first-order chi connectivity index (χ1) is 10.8. The Morgan fingerprint density at radius 3 is 2.96 bits per heavy atom. The molecule has 1 aliphatic rings. The number of aromatic amines is 1. The number of fused-ring (bicyclic) bond motifs is 1. The Labute approximate surface area is 141 Å². The molecule has 0 aromatic carbocycles. The first kappa shape index (κ1) is 16.1. The largest absolute Gasteiger partial charge is 0.444 e. The minimum absolute atomic E-state index is 0.233. The number of pyridine rings is 1. The van der Waals surface area contributed by atoms with E-state index in [9.17, 15) is 4.79 Å². The van der Waals surface area contributed by atoms with Gasteiger partial charge in [-0.2, -0.15) is 0 Å². The Hall–Kier alpha value is -1.75. The average molecular weight is 336 g/mol. The molecule has 1 aliphatic heterocycles. The smallest absolute Gasteiger partial charge is 0.410 e. The van der Waals surface area contributed by atoms with Crippen LogP contribution >= 0.6 is 11.6 Å². The molecule has 0 aliphatic carbocycles. The van der Waals surface area contributed by atoms with Gasteiger partial charge >= 0.3 is 6.09 Å². The number of nitrogens with zero attached hydrogens (tertiary/aromatic N) is 2. The van der Waals surface area contributed by atoms with E-state index >= 15 is 0 Å². The Bertz CT molecular complexity index is 720. The van der Waals surface area contributed by atoms with Crippen LogP contribution in [-0.4, -0.2) is 39.7 Å². The molecule has 5 nitrogen and oxygen atoms in total. The van der Waals surface area contributed by atoms with Crippen LogP contribution in [0.4, 0.5) is 4.79 Å². The first-order valence-corrected chi connectivity index (χ1v) is 8.33. The van der Waals surface area contributed by atoms with Crippen LogP contribution in [0.5, 0.6) is 0 Å². The number of hydrogen-bond donors (Lipinski definition) is 1. The summed E-state index contributed by atoms with van der Waals surface area (Å²) in [7, 11) is 0. The van der Waals surface area contributed by atoms with Gasteiger partial charge in [-0.25, -0.2) is 9.78 Å². The van der Waals surface area contributed by atoms with Gasteiger partial charge in [-0.3, -0.25) is 0 Å². The van der Waals surface area contributed by atoms with E-state index in [2.05, 4.69) is 9.97 Å². The van der Waals surface area contributed by atoms with E-state index in [0.717, 1.165) is 30.4 Å². The maximum atomic E-state index is 12.3. The van der Waals surface area contributed by atoms with Crippen LogP contribution in [0.15, 0.2) is 18.3 Å². The van der Waals surface area contributed by atoms with Crippen molar-refractivity contribution in [1.29, 1.82) is 0 Å². The van der Waals surface area contributed by atoms with E-state index in [4.69, 9.17) is 16.3 Å². The quantitative estimate of drug-likeness (QED) is 0.789. The molecular weight excluding hydrogens is 314 g/mol. The molecule has 0 unspecified atom stereocenters. The fourth-order valence-corrected chi connectivity index (χ4v) is 3.21. The van der Waals surface area contributed by atoms with Crippen molar-refractivity contribution < 1.29 is 9.53 Å². The first-order valence-electron chi connectivity index (χ1n) is 7.95. The zero-order valence-corrected chi connectivity index (χ0v) is 14.5. The van der Waals surface area contributed by atoms with Crippen LogP contribution in [0, 0.1) is 0 Å². The van der Waals surface area contributed by atoms with E-state index in [0.29, 0.717) is 11.7 Å². The molecule has 0 spiro atoms. The zero-order chi connectivity index (χ0) is 16.6. The number of nitrogens with one attached hydrogen (secondary N) is 1. The molecule has 1 atom stereocenters. The fraction of sp³-hybridized carbons (Fsp3) is 0.529. The number of aromatic nitrogens is 2. The summed E-state index contributed by atoms with van der Waals surface area (Å²) >= 11 is 5.94. The molecule has 23 heavy (non-hydrogen) atoms. The third-order valence-electron chi connectivity index (χ3n) is 4.05. The van der Waals surface area contributed by atoms with E-state index in [-0.39, 0.29) is 12.0 Å². The highest BCUT2D eigenvalue weighted by Gasteiger charge is 2.29. The predicted molar refractivity (Wildman–Crippen MR) is 90.9 cm³/mol. The van der Waals surface area contributed by atoms with Crippen molar-refractivity contribution in [2.24, 2.45) is 0 Å². The second-order valence-electron chi connectivity index (χ2n) is 7.04. The number of H-pyrrole nitrogens is 1.